The van der Waals surface area contributed by atoms with Gasteiger partial charge in [-0.1, -0.05) is 262 Å². The summed E-state index contributed by atoms with van der Waals surface area (Å²) >= 11 is 0. The number of nitrogens with zero attached hydrogens (tertiary/aromatic N) is 1. The topological polar surface area (TPSA) is 3.24 Å². The molecule has 14 rings (SSSR count). The van der Waals surface area contributed by atoms with Gasteiger partial charge in [0.25, 0.3) is 0 Å². The van der Waals surface area contributed by atoms with E-state index in [1.165, 1.54) is 132 Å². The maximum Gasteiger partial charge on any atom is 0.0714 e. The Kier molecular flexibility index (Phi) is 10.7. The molecule has 1 atom stereocenters. The highest BCUT2D eigenvalue weighted by molar-refractivity contribution is 6.07. The van der Waals surface area contributed by atoms with Gasteiger partial charge < -0.3 is 4.90 Å². The van der Waals surface area contributed by atoms with Crippen LogP contribution in [-0.2, 0) is 10.8 Å². The summed E-state index contributed by atoms with van der Waals surface area (Å²) in [5, 5.41) is 2.69. The largest absolute Gasteiger partial charge is 0.309 e. The molecule has 1 nitrogen and oxygen atoms in total. The van der Waals surface area contributed by atoms with Crippen LogP contribution in [0.2, 0.25) is 0 Å². The van der Waals surface area contributed by atoms with Crippen molar-refractivity contribution in [2.75, 3.05) is 4.90 Å². The first-order chi connectivity index (χ1) is 36.7. The van der Waals surface area contributed by atoms with Gasteiger partial charge in [-0.05, 0) is 127 Å². The summed E-state index contributed by atoms with van der Waals surface area (Å²) in [5.41, 5.74) is 23.1. The average molecular weight is 948 g/mol. The lowest BCUT2D eigenvalue weighted by Crippen LogP contribution is -2.28. The Morgan fingerprint density at radius 2 is 0.770 bits per heavy atom. The molecule has 0 saturated heterocycles. The summed E-state index contributed by atoms with van der Waals surface area (Å²) in [6, 6.07) is 98.5. The van der Waals surface area contributed by atoms with Crippen molar-refractivity contribution in [3.05, 3.63) is 305 Å². The summed E-state index contributed by atoms with van der Waals surface area (Å²) < 4.78 is 0. The van der Waals surface area contributed by atoms with E-state index >= 15 is 0 Å². The predicted octanol–water partition coefficient (Wildman–Crippen LogP) is 19.4. The quantitative estimate of drug-likeness (QED) is 0.139. The monoisotopic (exact) mass is 947 g/mol. The minimum absolute atomic E-state index is 0.336. The van der Waals surface area contributed by atoms with Gasteiger partial charge in [0, 0.05) is 22.1 Å². The van der Waals surface area contributed by atoms with E-state index in [9.17, 15) is 0 Å². The van der Waals surface area contributed by atoms with Gasteiger partial charge in [0.05, 0.1) is 22.5 Å². The van der Waals surface area contributed by atoms with Gasteiger partial charge in [-0.15, -0.1) is 0 Å². The summed E-state index contributed by atoms with van der Waals surface area (Å²) in [5.74, 6) is 0.542. The Morgan fingerprint density at radius 1 is 0.324 bits per heavy atom. The minimum Gasteiger partial charge on any atom is -0.309 e. The van der Waals surface area contributed by atoms with E-state index in [2.05, 4.69) is 273 Å². The lowest BCUT2D eigenvalue weighted by molar-refractivity contribution is 0.445. The average Bonchev–Trinajstić information content (AvgIpc) is 4.00. The Balaban J connectivity index is 1.08. The summed E-state index contributed by atoms with van der Waals surface area (Å²) in [4.78, 5) is 2.64. The highest BCUT2D eigenvalue weighted by Gasteiger charge is 2.48. The lowest BCUT2D eigenvalue weighted by atomic mass is 9.68. The first-order valence-electron chi connectivity index (χ1n) is 26.8. The molecule has 3 aliphatic rings. The van der Waals surface area contributed by atoms with Gasteiger partial charge in [-0.2, -0.15) is 0 Å². The third-order valence-electron chi connectivity index (χ3n) is 17.2. The van der Waals surface area contributed by atoms with Crippen LogP contribution in [0.15, 0.2) is 261 Å². The van der Waals surface area contributed by atoms with Crippen LogP contribution < -0.4 is 4.90 Å². The van der Waals surface area contributed by atoms with Gasteiger partial charge in [-0.3, -0.25) is 0 Å². The van der Waals surface area contributed by atoms with Crippen LogP contribution >= 0.6 is 0 Å². The molecular weight excluding hydrogens is 891 g/mol. The van der Waals surface area contributed by atoms with Crippen molar-refractivity contribution < 1.29 is 0 Å². The van der Waals surface area contributed by atoms with E-state index in [0.717, 1.165) is 17.1 Å². The first kappa shape index (κ1) is 44.2. The molecule has 1 saturated carbocycles. The highest BCUT2D eigenvalue weighted by atomic mass is 15.2. The fourth-order valence-corrected chi connectivity index (χ4v) is 14.0. The van der Waals surface area contributed by atoms with Crippen LogP contribution in [0.3, 0.4) is 0 Å². The summed E-state index contributed by atoms with van der Waals surface area (Å²) in [7, 11) is 0. The predicted molar refractivity (Wildman–Crippen MR) is 310 cm³/mol. The normalized spacial score (nSPS) is 16.3. The second kappa shape index (κ2) is 17.9. The SMILES string of the molecule is CC1(c2ccccc2)c2ccccc2-c2c(-c3ccccc3N(c3ccccc3-c3cccc4cccc(C5CCCCC5)c34)c3cccc4c3-c3ccccc3C4(c3ccccc3)c3ccccc3)cccc21. The van der Waals surface area contributed by atoms with Crippen LogP contribution in [-0.4, -0.2) is 0 Å². The molecule has 3 aliphatic carbocycles. The van der Waals surface area contributed by atoms with Gasteiger partial charge >= 0.3 is 0 Å². The van der Waals surface area contributed by atoms with Crippen molar-refractivity contribution in [2.24, 2.45) is 0 Å². The number of hydrogen-bond donors (Lipinski definition) is 0. The molecule has 354 valence electrons. The molecule has 0 N–H and O–H groups in total. The van der Waals surface area contributed by atoms with E-state index in [1.54, 1.807) is 0 Å². The third kappa shape index (κ3) is 6.62. The maximum atomic E-state index is 2.64. The number of fused-ring (bicyclic) bond motifs is 7. The Bertz CT molecular complexity index is 3860. The van der Waals surface area contributed by atoms with Gasteiger partial charge in [-0.25, -0.2) is 0 Å². The Hall–Kier alpha value is -8.52. The molecule has 1 unspecified atom stereocenters. The molecule has 74 heavy (non-hydrogen) atoms. The zero-order chi connectivity index (χ0) is 49.2. The number of hydrogen-bond acceptors (Lipinski definition) is 1. The molecule has 0 aromatic heterocycles. The Morgan fingerprint density at radius 3 is 1.43 bits per heavy atom. The van der Waals surface area contributed by atoms with Crippen LogP contribution in [0.4, 0.5) is 17.1 Å². The minimum atomic E-state index is -0.564. The molecule has 0 aliphatic heterocycles. The molecule has 11 aromatic carbocycles. The first-order valence-corrected chi connectivity index (χ1v) is 26.8. The van der Waals surface area contributed by atoms with Crippen molar-refractivity contribution in [3.8, 4) is 44.5 Å². The molecule has 1 heteroatoms. The smallest absolute Gasteiger partial charge is 0.0714 e. The molecule has 0 bridgehead atoms. The zero-order valence-electron chi connectivity index (χ0n) is 41.9. The molecule has 1 fully saturated rings. The third-order valence-corrected chi connectivity index (χ3v) is 17.2. The number of benzene rings is 11. The number of para-hydroxylation sites is 2. The summed E-state index contributed by atoms with van der Waals surface area (Å²) in [6.45, 7) is 2.42. The molecule has 0 radical (unpaired) electrons. The lowest BCUT2D eigenvalue weighted by Gasteiger charge is -2.35. The molecule has 0 heterocycles. The van der Waals surface area contributed by atoms with Crippen molar-refractivity contribution in [1.29, 1.82) is 0 Å². The van der Waals surface area contributed by atoms with Crippen LogP contribution in [0.25, 0.3) is 55.3 Å². The van der Waals surface area contributed by atoms with Crippen molar-refractivity contribution in [3.63, 3.8) is 0 Å². The Labute approximate surface area is 436 Å². The van der Waals surface area contributed by atoms with Crippen LogP contribution in [0.1, 0.15) is 89.5 Å². The molecular formula is C73H57N. The highest BCUT2D eigenvalue weighted by Crippen LogP contribution is 2.62. The second-order valence-electron chi connectivity index (χ2n) is 20.9. The van der Waals surface area contributed by atoms with Crippen molar-refractivity contribution in [1.82, 2.24) is 0 Å². The van der Waals surface area contributed by atoms with E-state index in [1.807, 2.05) is 0 Å². The van der Waals surface area contributed by atoms with E-state index < -0.39 is 5.41 Å². The van der Waals surface area contributed by atoms with Gasteiger partial charge in [0.1, 0.15) is 0 Å². The number of rotatable bonds is 9. The maximum absolute atomic E-state index is 2.64. The van der Waals surface area contributed by atoms with Crippen molar-refractivity contribution in [2.45, 2.75) is 55.8 Å². The summed E-state index contributed by atoms with van der Waals surface area (Å²) in [6.07, 6.45) is 6.38. The molecule has 11 aromatic rings. The van der Waals surface area contributed by atoms with E-state index in [0.29, 0.717) is 5.92 Å². The van der Waals surface area contributed by atoms with E-state index in [4.69, 9.17) is 0 Å². The number of anilines is 3. The zero-order valence-corrected chi connectivity index (χ0v) is 41.9. The fourth-order valence-electron chi connectivity index (χ4n) is 14.0. The standard InChI is InChI=1S/C73H57N/c1-72(52-30-8-3-9-31-52)62-43-18-14-38-60(62)70-59(42-24-45-64(70)72)57-37-17-21-48-67(57)74(66-47-20-16-36-56(66)58-41-23-29-51-28-22-40-55(69(51)58)50-26-6-2-7-27-50)68-49-25-46-65-71(68)61-39-15-19-44-63(61)73(65,53-32-10-4-11-33-53)54-34-12-5-13-35-54/h3-5,8-25,28-50H,2,6-7,26-27H2,1H3. The van der Waals surface area contributed by atoms with E-state index in [-0.39, 0.29) is 5.41 Å². The van der Waals surface area contributed by atoms with Crippen molar-refractivity contribution >= 4 is 27.8 Å². The fraction of sp³-hybridized carbons (Fsp3) is 0.123. The molecule has 0 amide bonds. The van der Waals surface area contributed by atoms with Crippen LogP contribution in [0, 0.1) is 0 Å². The van der Waals surface area contributed by atoms with Crippen LogP contribution in [0.5, 0.6) is 0 Å². The van der Waals surface area contributed by atoms with Gasteiger partial charge in [0.15, 0.2) is 0 Å². The van der Waals surface area contributed by atoms with Gasteiger partial charge in [0.2, 0.25) is 0 Å². The molecule has 0 spiro atoms. The second-order valence-corrected chi connectivity index (χ2v) is 20.9.